The average molecular weight is 518 g/mol. The summed E-state index contributed by atoms with van der Waals surface area (Å²) in [5, 5.41) is 26.2. The Balaban J connectivity index is 1.31. The summed E-state index contributed by atoms with van der Waals surface area (Å²) in [6.45, 7) is 5.34. The monoisotopic (exact) mass is 517 g/mol. The van der Waals surface area contributed by atoms with Crippen LogP contribution in [-0.4, -0.2) is 53.4 Å². The third-order valence-electron chi connectivity index (χ3n) is 7.56. The quantitative estimate of drug-likeness (QED) is 0.264. The maximum absolute atomic E-state index is 13.4. The van der Waals surface area contributed by atoms with Crippen LogP contribution in [-0.2, 0) is 4.79 Å². The zero-order valence-electron chi connectivity index (χ0n) is 21.2. The molecule has 0 bridgehead atoms. The van der Waals surface area contributed by atoms with E-state index < -0.39 is 5.60 Å². The number of anilines is 3. The Morgan fingerprint density at radius 3 is 2.43 bits per heavy atom. The van der Waals surface area contributed by atoms with Gasteiger partial charge in [-0.3, -0.25) is 15.1 Å². The van der Waals surface area contributed by atoms with Gasteiger partial charge in [0.1, 0.15) is 6.04 Å². The Labute approximate surface area is 222 Å². The van der Waals surface area contributed by atoms with Crippen LogP contribution in [0, 0.1) is 5.41 Å². The minimum absolute atomic E-state index is 0.0626. The highest BCUT2D eigenvalue weighted by molar-refractivity contribution is 7.08. The van der Waals surface area contributed by atoms with Crippen molar-refractivity contribution in [2.24, 2.45) is 0 Å². The zero-order chi connectivity index (χ0) is 26.0. The fourth-order valence-corrected chi connectivity index (χ4v) is 5.94. The van der Waals surface area contributed by atoms with Crippen molar-refractivity contribution >= 4 is 40.0 Å². The Bertz CT molecular complexity index is 1240. The van der Waals surface area contributed by atoms with Crippen molar-refractivity contribution in [3.05, 3.63) is 76.0 Å². The summed E-state index contributed by atoms with van der Waals surface area (Å²) in [7, 11) is 0. The van der Waals surface area contributed by atoms with Crippen molar-refractivity contribution in [1.82, 2.24) is 4.90 Å². The molecule has 1 atom stereocenters. The van der Waals surface area contributed by atoms with Crippen molar-refractivity contribution in [3.8, 4) is 0 Å². The second-order valence-electron chi connectivity index (χ2n) is 10.4. The number of nitrogens with two attached hydrogens (primary N) is 1. The number of amides is 1. The van der Waals surface area contributed by atoms with Gasteiger partial charge in [0.05, 0.1) is 11.3 Å². The van der Waals surface area contributed by atoms with Crippen molar-refractivity contribution in [1.29, 1.82) is 5.41 Å². The Morgan fingerprint density at radius 1 is 1.08 bits per heavy atom. The molecule has 0 radical (unpaired) electrons. The molecule has 8 heteroatoms. The van der Waals surface area contributed by atoms with Gasteiger partial charge >= 0.3 is 0 Å². The Hall–Kier alpha value is -3.20. The number of likely N-dealkylation sites (tertiary alicyclic amines) is 1. The third-order valence-corrected chi connectivity index (χ3v) is 8.27. The number of benzene rings is 2. The number of carbonyl (C=O) groups excluding carboxylic acids is 1. The Morgan fingerprint density at radius 2 is 1.78 bits per heavy atom. The van der Waals surface area contributed by atoms with E-state index in [0.29, 0.717) is 22.6 Å². The van der Waals surface area contributed by atoms with Gasteiger partial charge in [0.15, 0.2) is 0 Å². The molecule has 2 saturated heterocycles. The molecule has 5 rings (SSSR count). The number of thiophene rings is 1. The van der Waals surface area contributed by atoms with Gasteiger partial charge in [-0.05, 0) is 98.4 Å². The topological polar surface area (TPSA) is 106 Å². The molecule has 0 aliphatic carbocycles. The number of hydrogen-bond donors (Lipinski definition) is 4. The molecular formula is C29H35N5O2S. The predicted molar refractivity (Wildman–Crippen MR) is 152 cm³/mol. The van der Waals surface area contributed by atoms with E-state index in [4.69, 9.17) is 11.1 Å². The number of aliphatic hydroxyl groups is 1. The van der Waals surface area contributed by atoms with E-state index in [1.54, 1.807) is 29.5 Å². The lowest BCUT2D eigenvalue weighted by atomic mass is 9.93. The van der Waals surface area contributed by atoms with Gasteiger partial charge < -0.3 is 21.1 Å². The van der Waals surface area contributed by atoms with Crippen molar-refractivity contribution in [2.45, 2.75) is 44.2 Å². The van der Waals surface area contributed by atoms with Crippen LogP contribution >= 0.6 is 11.3 Å². The minimum atomic E-state index is -0.589. The third kappa shape index (κ3) is 5.71. The predicted octanol–water partition coefficient (Wildman–Crippen LogP) is 4.87. The van der Waals surface area contributed by atoms with E-state index in [-0.39, 0.29) is 11.9 Å². The van der Waals surface area contributed by atoms with Crippen LogP contribution in [0.3, 0.4) is 0 Å². The molecule has 1 aromatic heterocycles. The van der Waals surface area contributed by atoms with Gasteiger partial charge in [-0.1, -0.05) is 12.1 Å². The van der Waals surface area contributed by atoms with E-state index in [1.165, 1.54) is 0 Å². The second-order valence-corrected chi connectivity index (χ2v) is 11.2. The molecule has 3 heterocycles. The van der Waals surface area contributed by atoms with Crippen molar-refractivity contribution < 1.29 is 9.90 Å². The number of nitrogens with one attached hydrogen (secondary N) is 2. The second kappa shape index (κ2) is 10.7. The summed E-state index contributed by atoms with van der Waals surface area (Å²) in [6.07, 6.45) is 3.69. The van der Waals surface area contributed by atoms with Crippen LogP contribution in [0.4, 0.5) is 17.1 Å². The van der Waals surface area contributed by atoms with Crippen LogP contribution in [0.15, 0.2) is 59.3 Å². The normalized spacial score (nSPS) is 18.5. The summed E-state index contributed by atoms with van der Waals surface area (Å²) < 4.78 is 0. The van der Waals surface area contributed by atoms with Crippen LogP contribution in [0.25, 0.3) is 0 Å². The summed E-state index contributed by atoms with van der Waals surface area (Å²) in [5.41, 5.74) is 10.6. The number of hydrogen-bond acceptors (Lipinski definition) is 7. The molecule has 0 saturated carbocycles. The van der Waals surface area contributed by atoms with E-state index in [0.717, 1.165) is 68.7 Å². The first-order valence-electron chi connectivity index (χ1n) is 12.9. The standard InChI is InChI=1S/C29H35N5O2S/c1-29(36)11-15-33(16-12-29)23-7-4-20(5-8-23)26(31)24-18-22(6-9-25(24)30)32-28(35)27(21-10-17-37-19-21)34-13-2-3-14-34/h4-10,17-19,27,31,36H,2-3,11-16,30H2,1H3,(H,32,35). The number of carbonyl (C=O) groups is 1. The lowest BCUT2D eigenvalue weighted by molar-refractivity contribution is -0.121. The number of rotatable bonds is 7. The van der Waals surface area contributed by atoms with Crippen LogP contribution in [0.5, 0.6) is 0 Å². The van der Waals surface area contributed by atoms with Crippen molar-refractivity contribution in [2.75, 3.05) is 42.1 Å². The highest BCUT2D eigenvalue weighted by atomic mass is 32.1. The molecule has 194 valence electrons. The first kappa shape index (κ1) is 25.4. The number of piperidine rings is 1. The highest BCUT2D eigenvalue weighted by Crippen LogP contribution is 2.30. The summed E-state index contributed by atoms with van der Waals surface area (Å²) >= 11 is 1.60. The molecule has 1 amide bonds. The van der Waals surface area contributed by atoms with E-state index in [9.17, 15) is 9.90 Å². The van der Waals surface area contributed by atoms with Gasteiger partial charge in [0.25, 0.3) is 0 Å². The van der Waals surface area contributed by atoms with Crippen LogP contribution in [0.1, 0.15) is 55.3 Å². The molecule has 5 N–H and O–H groups in total. The molecule has 1 unspecified atom stereocenters. The van der Waals surface area contributed by atoms with Gasteiger partial charge in [-0.15, -0.1) is 0 Å². The molecular weight excluding hydrogens is 482 g/mol. The SMILES string of the molecule is CC1(O)CCN(c2ccc(C(=N)c3cc(NC(=O)C(c4ccsc4)N4CCCC4)ccc3N)cc2)CC1. The molecule has 2 fully saturated rings. The van der Waals surface area contributed by atoms with Crippen LogP contribution in [0.2, 0.25) is 0 Å². The van der Waals surface area contributed by atoms with Gasteiger partial charge in [0, 0.05) is 41.3 Å². The molecule has 3 aromatic rings. The fraction of sp³-hybridized carbons (Fsp3) is 0.379. The van der Waals surface area contributed by atoms with Gasteiger partial charge in [0.2, 0.25) is 5.91 Å². The van der Waals surface area contributed by atoms with E-state index in [2.05, 4.69) is 15.1 Å². The summed E-state index contributed by atoms with van der Waals surface area (Å²) in [6, 6.07) is 15.0. The average Bonchev–Trinajstić information content (AvgIpc) is 3.61. The van der Waals surface area contributed by atoms with Gasteiger partial charge in [-0.2, -0.15) is 11.3 Å². The molecule has 2 aliphatic heterocycles. The number of nitrogens with zero attached hydrogens (tertiary/aromatic N) is 2. The fourth-order valence-electron chi connectivity index (χ4n) is 5.26. The molecule has 7 nitrogen and oxygen atoms in total. The lowest BCUT2D eigenvalue weighted by Gasteiger charge is -2.37. The number of nitrogen functional groups attached to an aromatic ring is 1. The van der Waals surface area contributed by atoms with Crippen molar-refractivity contribution in [3.63, 3.8) is 0 Å². The Kier molecular flexibility index (Phi) is 7.33. The molecule has 0 spiro atoms. The molecule has 2 aromatic carbocycles. The van der Waals surface area contributed by atoms with Crippen LogP contribution < -0.4 is 16.0 Å². The highest BCUT2D eigenvalue weighted by Gasteiger charge is 2.30. The maximum atomic E-state index is 13.4. The lowest BCUT2D eigenvalue weighted by Crippen LogP contribution is -2.42. The smallest absolute Gasteiger partial charge is 0.246 e. The molecule has 2 aliphatic rings. The summed E-state index contributed by atoms with van der Waals surface area (Å²) in [5.74, 6) is -0.0626. The zero-order valence-corrected chi connectivity index (χ0v) is 22.1. The van der Waals surface area contributed by atoms with E-state index >= 15 is 0 Å². The largest absolute Gasteiger partial charge is 0.398 e. The van der Waals surface area contributed by atoms with E-state index in [1.807, 2.05) is 48.0 Å². The summed E-state index contributed by atoms with van der Waals surface area (Å²) in [4.78, 5) is 17.9. The first-order chi connectivity index (χ1) is 17.8. The minimum Gasteiger partial charge on any atom is -0.398 e. The van der Waals surface area contributed by atoms with Gasteiger partial charge in [-0.25, -0.2) is 0 Å². The maximum Gasteiger partial charge on any atom is 0.246 e. The molecule has 37 heavy (non-hydrogen) atoms. The first-order valence-corrected chi connectivity index (χ1v) is 13.9.